The van der Waals surface area contributed by atoms with Crippen molar-refractivity contribution in [3.63, 3.8) is 0 Å². The van der Waals surface area contributed by atoms with Crippen molar-refractivity contribution < 1.29 is 0 Å². The highest BCUT2D eigenvalue weighted by Crippen LogP contribution is 2.45. The van der Waals surface area contributed by atoms with Gasteiger partial charge in [-0.05, 0) is 111 Å². The van der Waals surface area contributed by atoms with Gasteiger partial charge in [0.1, 0.15) is 0 Å². The molecule has 3 aliphatic rings. The fourth-order valence-electron chi connectivity index (χ4n) is 7.51. The van der Waals surface area contributed by atoms with Gasteiger partial charge in [0.05, 0.1) is 0 Å². The largest absolute Gasteiger partial charge is 0.0846 e. The summed E-state index contributed by atoms with van der Waals surface area (Å²) in [5.74, 6) is 5.64. The van der Waals surface area contributed by atoms with Crippen molar-refractivity contribution in [2.45, 2.75) is 123 Å². The SMILES string of the molecule is CCCCCc1ccc(C=CC2C=CC(C3CCC(C4CCC(CCCC)CC4)CC3)CC2)cc1. The summed E-state index contributed by atoms with van der Waals surface area (Å²) in [4.78, 5) is 0. The molecule has 3 aliphatic carbocycles. The number of aryl methyl sites for hydroxylation is 1. The van der Waals surface area contributed by atoms with Crippen LogP contribution in [0.4, 0.5) is 0 Å². The zero-order valence-electron chi connectivity index (χ0n) is 23.1. The molecule has 194 valence electrons. The number of allylic oxidation sites excluding steroid dienone is 3. The molecule has 2 fully saturated rings. The van der Waals surface area contributed by atoms with E-state index in [-0.39, 0.29) is 0 Å². The molecular weight excluding hydrogens is 420 g/mol. The van der Waals surface area contributed by atoms with Crippen molar-refractivity contribution >= 4 is 6.08 Å². The van der Waals surface area contributed by atoms with Gasteiger partial charge in [0.2, 0.25) is 0 Å². The average molecular weight is 475 g/mol. The third-order valence-electron chi connectivity index (χ3n) is 9.97. The molecule has 0 spiro atoms. The predicted molar refractivity (Wildman–Crippen MR) is 154 cm³/mol. The van der Waals surface area contributed by atoms with Gasteiger partial charge in [0.15, 0.2) is 0 Å². The van der Waals surface area contributed by atoms with E-state index in [1.807, 2.05) is 0 Å². The minimum absolute atomic E-state index is 0.634. The lowest BCUT2D eigenvalue weighted by Gasteiger charge is -2.40. The Kier molecular flexibility index (Phi) is 11.0. The van der Waals surface area contributed by atoms with Gasteiger partial charge in [-0.1, -0.05) is 107 Å². The first-order valence-electron chi connectivity index (χ1n) is 15.7. The molecule has 0 nitrogen and oxygen atoms in total. The van der Waals surface area contributed by atoms with Gasteiger partial charge in [-0.2, -0.15) is 0 Å². The molecule has 2 atom stereocenters. The number of hydrogen-bond donors (Lipinski definition) is 0. The van der Waals surface area contributed by atoms with Crippen molar-refractivity contribution in [1.29, 1.82) is 0 Å². The molecule has 0 radical (unpaired) electrons. The van der Waals surface area contributed by atoms with E-state index in [9.17, 15) is 0 Å². The summed E-state index contributed by atoms with van der Waals surface area (Å²) in [6, 6.07) is 9.28. The first-order chi connectivity index (χ1) is 17.2. The van der Waals surface area contributed by atoms with Crippen LogP contribution in [0.3, 0.4) is 0 Å². The molecule has 0 aliphatic heterocycles. The van der Waals surface area contributed by atoms with E-state index in [4.69, 9.17) is 0 Å². The van der Waals surface area contributed by atoms with Gasteiger partial charge in [-0.15, -0.1) is 0 Å². The molecule has 0 amide bonds. The number of hydrogen-bond acceptors (Lipinski definition) is 0. The fraction of sp³-hybridized carbons (Fsp3) is 0.714. The molecule has 35 heavy (non-hydrogen) atoms. The molecule has 0 bridgehead atoms. The van der Waals surface area contributed by atoms with Crippen LogP contribution in [-0.4, -0.2) is 0 Å². The maximum atomic E-state index is 2.61. The topological polar surface area (TPSA) is 0 Å². The van der Waals surface area contributed by atoms with E-state index >= 15 is 0 Å². The van der Waals surface area contributed by atoms with E-state index in [1.165, 1.54) is 107 Å². The number of rotatable bonds is 11. The van der Waals surface area contributed by atoms with Crippen LogP contribution in [0.2, 0.25) is 0 Å². The lowest BCUT2D eigenvalue weighted by Crippen LogP contribution is -2.28. The van der Waals surface area contributed by atoms with Crippen LogP contribution < -0.4 is 0 Å². The second kappa shape index (κ2) is 14.4. The molecule has 0 heteroatoms. The van der Waals surface area contributed by atoms with Crippen LogP contribution >= 0.6 is 0 Å². The zero-order chi connectivity index (χ0) is 24.3. The van der Waals surface area contributed by atoms with Crippen LogP contribution in [0.25, 0.3) is 6.08 Å². The summed E-state index contributed by atoms with van der Waals surface area (Å²) < 4.78 is 0. The molecule has 2 saturated carbocycles. The van der Waals surface area contributed by atoms with E-state index in [0.29, 0.717) is 5.92 Å². The molecule has 1 aromatic carbocycles. The van der Waals surface area contributed by atoms with Crippen molar-refractivity contribution in [1.82, 2.24) is 0 Å². The second-order valence-electron chi connectivity index (χ2n) is 12.4. The molecule has 0 saturated heterocycles. The van der Waals surface area contributed by atoms with Gasteiger partial charge in [-0.25, -0.2) is 0 Å². The Morgan fingerprint density at radius 3 is 1.94 bits per heavy atom. The third-order valence-corrected chi connectivity index (χ3v) is 9.97. The first kappa shape index (κ1) is 26.8. The Balaban J connectivity index is 1.16. The second-order valence-corrected chi connectivity index (χ2v) is 12.4. The van der Waals surface area contributed by atoms with E-state index in [0.717, 1.165) is 29.6 Å². The quantitative estimate of drug-likeness (QED) is 0.221. The monoisotopic (exact) mass is 474 g/mol. The maximum Gasteiger partial charge on any atom is -0.00499 e. The molecule has 2 unspecified atom stereocenters. The van der Waals surface area contributed by atoms with Gasteiger partial charge >= 0.3 is 0 Å². The maximum absolute atomic E-state index is 2.61. The lowest BCUT2D eigenvalue weighted by atomic mass is 9.66. The third kappa shape index (κ3) is 8.36. The molecule has 0 N–H and O–H groups in total. The molecule has 4 rings (SSSR count). The first-order valence-corrected chi connectivity index (χ1v) is 15.7. The summed E-state index contributed by atoms with van der Waals surface area (Å²) in [6.07, 6.45) is 34.4. The smallest absolute Gasteiger partial charge is 0.00499 e. The Labute approximate surface area is 218 Å². The highest BCUT2D eigenvalue weighted by Gasteiger charge is 2.33. The molecular formula is C35H54. The minimum Gasteiger partial charge on any atom is -0.0846 e. The predicted octanol–water partition coefficient (Wildman–Crippen LogP) is 10.8. The normalized spacial score (nSPS) is 31.7. The zero-order valence-corrected chi connectivity index (χ0v) is 23.1. The van der Waals surface area contributed by atoms with Gasteiger partial charge in [0, 0.05) is 0 Å². The summed E-state index contributed by atoms with van der Waals surface area (Å²) in [5, 5.41) is 0. The van der Waals surface area contributed by atoms with Gasteiger partial charge in [-0.3, -0.25) is 0 Å². The van der Waals surface area contributed by atoms with Crippen molar-refractivity contribution in [3.05, 3.63) is 53.6 Å². The van der Waals surface area contributed by atoms with Gasteiger partial charge in [0.25, 0.3) is 0 Å². The van der Waals surface area contributed by atoms with Gasteiger partial charge < -0.3 is 0 Å². The molecule has 1 aromatic rings. The Bertz CT molecular complexity index is 752. The number of unbranched alkanes of at least 4 members (excludes halogenated alkanes) is 3. The lowest BCUT2D eigenvalue weighted by molar-refractivity contribution is 0.127. The number of benzene rings is 1. The Morgan fingerprint density at radius 2 is 1.31 bits per heavy atom. The van der Waals surface area contributed by atoms with Crippen LogP contribution in [0, 0.1) is 35.5 Å². The van der Waals surface area contributed by atoms with E-state index in [2.05, 4.69) is 62.4 Å². The summed E-state index contributed by atoms with van der Waals surface area (Å²) >= 11 is 0. The fourth-order valence-corrected chi connectivity index (χ4v) is 7.51. The van der Waals surface area contributed by atoms with E-state index < -0.39 is 0 Å². The standard InChI is InChI=1S/C35H54/c1-3-5-7-9-29-10-12-30(13-11-29)14-15-31-18-22-33(23-19-31)35-26-24-34(25-27-35)32-20-16-28(17-21-32)8-6-4-2/h10-15,18,22,28,31-35H,3-9,16-17,19-21,23-27H2,1-2H3. The van der Waals surface area contributed by atoms with Crippen molar-refractivity contribution in [2.24, 2.45) is 35.5 Å². The van der Waals surface area contributed by atoms with Crippen LogP contribution in [0.1, 0.15) is 128 Å². The average Bonchev–Trinajstić information content (AvgIpc) is 2.92. The highest BCUT2D eigenvalue weighted by molar-refractivity contribution is 5.50. The highest BCUT2D eigenvalue weighted by atomic mass is 14.4. The minimum atomic E-state index is 0.634. The summed E-state index contributed by atoms with van der Waals surface area (Å²) in [7, 11) is 0. The Hall–Kier alpha value is -1.30. The Morgan fingerprint density at radius 1 is 0.657 bits per heavy atom. The van der Waals surface area contributed by atoms with Crippen molar-refractivity contribution in [2.75, 3.05) is 0 Å². The summed E-state index contributed by atoms with van der Waals surface area (Å²) in [5.41, 5.74) is 2.85. The van der Waals surface area contributed by atoms with Crippen LogP contribution in [0.5, 0.6) is 0 Å². The summed E-state index contributed by atoms with van der Waals surface area (Å²) in [6.45, 7) is 4.62. The molecule has 0 aromatic heterocycles. The van der Waals surface area contributed by atoms with E-state index in [1.54, 1.807) is 12.8 Å². The van der Waals surface area contributed by atoms with Crippen LogP contribution in [0.15, 0.2) is 42.5 Å². The van der Waals surface area contributed by atoms with Crippen molar-refractivity contribution in [3.8, 4) is 0 Å². The molecule has 0 heterocycles. The van der Waals surface area contributed by atoms with Crippen LogP contribution in [-0.2, 0) is 6.42 Å².